The Labute approximate surface area is 248 Å². The Morgan fingerprint density at radius 3 is 2.53 bits per heavy atom. The van der Waals surface area contributed by atoms with Gasteiger partial charge in [-0.25, -0.2) is 27.6 Å². The van der Waals surface area contributed by atoms with Crippen molar-refractivity contribution in [3.63, 3.8) is 0 Å². The van der Waals surface area contributed by atoms with E-state index in [1.54, 1.807) is 15.8 Å². The smallest absolute Gasteiger partial charge is 0.316 e. The van der Waals surface area contributed by atoms with Gasteiger partial charge in [-0.05, 0) is 48.1 Å². The zero-order valence-electron chi connectivity index (χ0n) is 24.8. The van der Waals surface area contributed by atoms with Gasteiger partial charge in [-0.15, -0.1) is 0 Å². The number of hydrogen-bond acceptors (Lipinski definition) is 5. The first-order chi connectivity index (χ1) is 20.4. The molecule has 0 saturated heterocycles. The molecule has 3 heterocycles. The van der Waals surface area contributed by atoms with E-state index >= 15 is 13.2 Å². The van der Waals surface area contributed by atoms with Crippen LogP contribution in [0.25, 0.3) is 16.9 Å². The lowest BCUT2D eigenvalue weighted by Gasteiger charge is -2.28. The van der Waals surface area contributed by atoms with Crippen molar-refractivity contribution < 1.29 is 22.7 Å². The Morgan fingerprint density at radius 2 is 1.86 bits per heavy atom. The fraction of sp³-hybridized carbons (Fsp3) is 0.344. The van der Waals surface area contributed by atoms with Crippen LogP contribution in [0.1, 0.15) is 56.0 Å². The first-order valence-electron chi connectivity index (χ1n) is 14.2. The molecule has 226 valence electrons. The van der Waals surface area contributed by atoms with Gasteiger partial charge in [-0.1, -0.05) is 39.8 Å². The SMILES string of the molecule is Cc1cccc(OCC(C)C)c1-n1nc2c(c1-c1cc(F)c(NC(N)=O)cc1F)CN(c1ncc(C(C)C)cc1F)CC2. The van der Waals surface area contributed by atoms with E-state index in [1.807, 2.05) is 52.8 Å². The molecule has 0 spiro atoms. The number of aryl methyl sites for hydroxylation is 1. The van der Waals surface area contributed by atoms with Crippen molar-refractivity contribution in [1.82, 2.24) is 14.8 Å². The second-order valence-electron chi connectivity index (χ2n) is 11.5. The topological polar surface area (TPSA) is 98.3 Å². The highest BCUT2D eigenvalue weighted by atomic mass is 19.1. The first-order valence-corrected chi connectivity index (χ1v) is 14.2. The highest BCUT2D eigenvalue weighted by Gasteiger charge is 2.31. The largest absolute Gasteiger partial charge is 0.491 e. The lowest BCUT2D eigenvalue weighted by molar-refractivity contribution is 0.259. The third-order valence-corrected chi connectivity index (χ3v) is 7.40. The van der Waals surface area contributed by atoms with Gasteiger partial charge in [0.2, 0.25) is 0 Å². The van der Waals surface area contributed by atoms with Gasteiger partial charge in [0.05, 0.1) is 23.7 Å². The van der Waals surface area contributed by atoms with Crippen LogP contribution in [-0.4, -0.2) is 33.9 Å². The number of nitrogens with zero attached hydrogens (tertiary/aromatic N) is 4. The second kappa shape index (κ2) is 12.0. The fourth-order valence-electron chi connectivity index (χ4n) is 5.22. The standard InChI is InChI=1S/C32H35F3N6O2/c1-17(2)16-43-28-8-6-7-19(5)29(28)41-30(21-12-24(34)27(13-23(21)33)38-32(36)42)22-15-40(10-9-26(22)39-41)31-25(35)11-20(14-37-31)18(3)4/h6-8,11-14,17-18H,9-10,15-16H2,1-5H3,(H3,36,38,42). The van der Waals surface area contributed by atoms with E-state index in [2.05, 4.69) is 10.3 Å². The minimum absolute atomic E-state index is 0.0789. The van der Waals surface area contributed by atoms with Gasteiger partial charge in [0.1, 0.15) is 23.1 Å². The van der Waals surface area contributed by atoms with Crippen LogP contribution in [0, 0.1) is 30.3 Å². The Balaban J connectivity index is 1.70. The minimum Gasteiger partial charge on any atom is -0.491 e. The van der Waals surface area contributed by atoms with Crippen LogP contribution in [0.5, 0.6) is 5.75 Å². The number of benzene rings is 2. The third-order valence-electron chi connectivity index (χ3n) is 7.40. The van der Waals surface area contributed by atoms with Crippen LogP contribution < -0.4 is 20.7 Å². The van der Waals surface area contributed by atoms with Crippen LogP contribution in [0.2, 0.25) is 0 Å². The molecular formula is C32H35F3N6O2. The van der Waals surface area contributed by atoms with Crippen molar-refractivity contribution in [2.24, 2.45) is 11.7 Å². The summed E-state index contributed by atoms with van der Waals surface area (Å²) in [7, 11) is 0. The van der Waals surface area contributed by atoms with E-state index in [0.29, 0.717) is 48.0 Å². The number of para-hydroxylation sites is 1. The van der Waals surface area contributed by atoms with Gasteiger partial charge < -0.3 is 20.7 Å². The molecule has 0 unspecified atom stereocenters. The van der Waals surface area contributed by atoms with Gasteiger partial charge in [0.15, 0.2) is 11.6 Å². The molecule has 0 bridgehead atoms. The number of pyridine rings is 1. The number of aromatic nitrogens is 3. The molecule has 0 atom stereocenters. The molecule has 0 fully saturated rings. The molecule has 2 aromatic carbocycles. The van der Waals surface area contributed by atoms with Crippen molar-refractivity contribution in [1.29, 1.82) is 0 Å². The maximum Gasteiger partial charge on any atom is 0.316 e. The molecule has 0 saturated carbocycles. The van der Waals surface area contributed by atoms with Crippen LogP contribution in [-0.2, 0) is 13.0 Å². The predicted molar refractivity (Wildman–Crippen MR) is 160 cm³/mol. The predicted octanol–water partition coefficient (Wildman–Crippen LogP) is 6.87. The number of primary amides is 1. The van der Waals surface area contributed by atoms with Gasteiger partial charge in [-0.3, -0.25) is 0 Å². The lowest BCUT2D eigenvalue weighted by atomic mass is 9.99. The average molecular weight is 593 g/mol. The Bertz CT molecular complexity index is 1680. The number of carbonyl (C=O) groups excluding carboxylic acids is 1. The van der Waals surface area contributed by atoms with E-state index < -0.39 is 23.5 Å². The van der Waals surface area contributed by atoms with Crippen molar-refractivity contribution in [3.8, 4) is 22.7 Å². The molecule has 1 aliphatic rings. The van der Waals surface area contributed by atoms with E-state index in [1.165, 1.54) is 6.07 Å². The molecule has 2 amide bonds. The summed E-state index contributed by atoms with van der Waals surface area (Å²) in [6.45, 7) is 10.9. The van der Waals surface area contributed by atoms with Gasteiger partial charge in [0, 0.05) is 42.9 Å². The highest BCUT2D eigenvalue weighted by Crippen LogP contribution is 2.40. The molecular weight excluding hydrogens is 557 g/mol. The van der Waals surface area contributed by atoms with Crippen LogP contribution in [0.4, 0.5) is 29.5 Å². The molecule has 2 aromatic heterocycles. The average Bonchev–Trinajstić information content (AvgIpc) is 3.31. The first kappa shape index (κ1) is 29.9. The van der Waals surface area contributed by atoms with Crippen molar-refractivity contribution in [3.05, 3.63) is 82.4 Å². The number of nitrogens with one attached hydrogen (secondary N) is 1. The summed E-state index contributed by atoms with van der Waals surface area (Å²) in [5, 5.41) is 7.00. The molecule has 0 radical (unpaired) electrons. The molecule has 0 aliphatic carbocycles. The Hall–Kier alpha value is -4.54. The van der Waals surface area contributed by atoms with Gasteiger partial charge in [0.25, 0.3) is 0 Å². The van der Waals surface area contributed by atoms with Gasteiger partial charge in [-0.2, -0.15) is 5.10 Å². The zero-order chi connectivity index (χ0) is 31.0. The second-order valence-corrected chi connectivity index (χ2v) is 11.5. The molecule has 8 nitrogen and oxygen atoms in total. The molecule has 4 aromatic rings. The van der Waals surface area contributed by atoms with E-state index in [9.17, 15) is 4.79 Å². The number of urea groups is 1. The summed E-state index contributed by atoms with van der Waals surface area (Å²) in [5.41, 5.74) is 8.43. The third kappa shape index (κ3) is 6.02. The van der Waals surface area contributed by atoms with E-state index in [4.69, 9.17) is 15.6 Å². The maximum atomic E-state index is 15.9. The molecule has 1 aliphatic heterocycles. The number of fused-ring (bicyclic) bond motifs is 1. The number of rotatable bonds is 8. The summed E-state index contributed by atoms with van der Waals surface area (Å²) >= 11 is 0. The number of carbonyl (C=O) groups is 1. The molecule has 5 rings (SSSR count). The van der Waals surface area contributed by atoms with Crippen LogP contribution in [0.3, 0.4) is 0 Å². The summed E-state index contributed by atoms with van der Waals surface area (Å²) in [4.78, 5) is 17.6. The number of ether oxygens (including phenoxy) is 1. The number of hydrogen-bond donors (Lipinski definition) is 2. The van der Waals surface area contributed by atoms with Crippen LogP contribution >= 0.6 is 0 Å². The highest BCUT2D eigenvalue weighted by molar-refractivity contribution is 5.88. The van der Waals surface area contributed by atoms with E-state index in [-0.39, 0.29) is 35.4 Å². The zero-order valence-corrected chi connectivity index (χ0v) is 24.8. The van der Waals surface area contributed by atoms with E-state index in [0.717, 1.165) is 23.3 Å². The minimum atomic E-state index is -1.02. The number of anilines is 2. The molecule has 3 N–H and O–H groups in total. The number of amides is 2. The normalized spacial score (nSPS) is 13.0. The quantitative estimate of drug-likeness (QED) is 0.233. The van der Waals surface area contributed by atoms with Crippen molar-refractivity contribution in [2.45, 2.75) is 53.5 Å². The number of halogens is 3. The monoisotopic (exact) mass is 592 g/mol. The van der Waals surface area contributed by atoms with Crippen molar-refractivity contribution >= 4 is 17.5 Å². The Kier molecular flexibility index (Phi) is 8.34. The fourth-order valence-corrected chi connectivity index (χ4v) is 5.22. The van der Waals surface area contributed by atoms with Gasteiger partial charge >= 0.3 is 6.03 Å². The summed E-state index contributed by atoms with van der Waals surface area (Å²) in [6, 6.07) is 7.93. The maximum absolute atomic E-state index is 15.9. The molecule has 11 heteroatoms. The lowest BCUT2D eigenvalue weighted by Crippen LogP contribution is -2.31. The van der Waals surface area contributed by atoms with Crippen LogP contribution in [0.15, 0.2) is 42.6 Å². The Morgan fingerprint density at radius 1 is 1.09 bits per heavy atom. The summed E-state index contributed by atoms with van der Waals surface area (Å²) in [6.07, 6.45) is 2.08. The molecule has 43 heavy (non-hydrogen) atoms. The summed E-state index contributed by atoms with van der Waals surface area (Å²) in [5.74, 6) is -1.05. The van der Waals surface area contributed by atoms with Crippen molar-refractivity contribution in [2.75, 3.05) is 23.4 Å². The summed E-state index contributed by atoms with van der Waals surface area (Å²) < 4.78 is 54.1. The number of nitrogens with two attached hydrogens (primary N) is 1.